The number of carboxylic acids is 1. The second kappa shape index (κ2) is 5.36. The van der Waals surface area contributed by atoms with Gasteiger partial charge in [-0.15, -0.1) is 6.58 Å². The zero-order valence-electron chi connectivity index (χ0n) is 8.69. The van der Waals surface area contributed by atoms with E-state index in [0.29, 0.717) is 5.76 Å². The van der Waals surface area contributed by atoms with E-state index < -0.39 is 5.97 Å². The van der Waals surface area contributed by atoms with Crippen molar-refractivity contribution in [1.29, 1.82) is 0 Å². The van der Waals surface area contributed by atoms with E-state index in [0.717, 1.165) is 13.0 Å². The van der Waals surface area contributed by atoms with Gasteiger partial charge in [0.1, 0.15) is 5.76 Å². The largest absolute Gasteiger partial charge is 0.475 e. The number of hydrogen-bond donors (Lipinski definition) is 2. The quantitative estimate of drug-likeness (QED) is 0.557. The molecule has 1 atom stereocenters. The van der Waals surface area contributed by atoms with Crippen LogP contribution in [0.2, 0.25) is 0 Å². The first-order valence-corrected chi connectivity index (χ1v) is 4.82. The average Bonchev–Trinajstić information content (AvgIpc) is 2.66. The standard InChI is InChI=1S/C11H15NO3/c1-3-4-7-12-8(2)9-5-6-10(15-9)11(13)14/h3,5-6,8,12H,1,4,7H2,2H3,(H,13,14). The number of hydrogen-bond acceptors (Lipinski definition) is 3. The lowest BCUT2D eigenvalue weighted by Gasteiger charge is -2.09. The molecule has 0 aliphatic heterocycles. The van der Waals surface area contributed by atoms with Gasteiger partial charge < -0.3 is 14.8 Å². The molecule has 1 rings (SSSR count). The summed E-state index contributed by atoms with van der Waals surface area (Å²) in [4.78, 5) is 10.6. The number of carboxylic acid groups (broad SMARTS) is 1. The van der Waals surface area contributed by atoms with E-state index in [-0.39, 0.29) is 11.8 Å². The normalized spacial score (nSPS) is 12.3. The molecule has 4 nitrogen and oxygen atoms in total. The molecule has 0 aliphatic carbocycles. The second-order valence-corrected chi connectivity index (χ2v) is 3.26. The molecule has 2 N–H and O–H groups in total. The summed E-state index contributed by atoms with van der Waals surface area (Å²) < 4.78 is 5.15. The molecule has 0 amide bonds. The van der Waals surface area contributed by atoms with Crippen molar-refractivity contribution < 1.29 is 14.3 Å². The topological polar surface area (TPSA) is 62.5 Å². The van der Waals surface area contributed by atoms with Crippen molar-refractivity contribution in [2.24, 2.45) is 0 Å². The third kappa shape index (κ3) is 3.25. The van der Waals surface area contributed by atoms with Crippen LogP contribution in [0.15, 0.2) is 29.2 Å². The van der Waals surface area contributed by atoms with Gasteiger partial charge in [0.05, 0.1) is 6.04 Å². The summed E-state index contributed by atoms with van der Waals surface area (Å²) in [5, 5.41) is 11.9. The maximum atomic E-state index is 10.6. The SMILES string of the molecule is C=CCCNC(C)c1ccc(C(=O)O)o1. The van der Waals surface area contributed by atoms with Gasteiger partial charge in [0, 0.05) is 0 Å². The Kier molecular flexibility index (Phi) is 4.12. The number of rotatable bonds is 6. The Morgan fingerprint density at radius 3 is 3.00 bits per heavy atom. The lowest BCUT2D eigenvalue weighted by molar-refractivity contribution is 0.0659. The molecule has 0 aromatic carbocycles. The zero-order chi connectivity index (χ0) is 11.3. The van der Waals surface area contributed by atoms with Gasteiger partial charge in [0.15, 0.2) is 0 Å². The molecule has 15 heavy (non-hydrogen) atoms. The van der Waals surface area contributed by atoms with Crippen LogP contribution in [-0.2, 0) is 0 Å². The lowest BCUT2D eigenvalue weighted by atomic mass is 10.2. The molecule has 4 heteroatoms. The molecule has 1 heterocycles. The summed E-state index contributed by atoms with van der Waals surface area (Å²) >= 11 is 0. The van der Waals surface area contributed by atoms with Crippen LogP contribution in [0, 0.1) is 0 Å². The molecule has 1 unspecified atom stereocenters. The van der Waals surface area contributed by atoms with Gasteiger partial charge in [-0.3, -0.25) is 0 Å². The van der Waals surface area contributed by atoms with E-state index in [1.54, 1.807) is 6.07 Å². The van der Waals surface area contributed by atoms with Crippen LogP contribution >= 0.6 is 0 Å². The van der Waals surface area contributed by atoms with Crippen LogP contribution in [0.25, 0.3) is 0 Å². The maximum absolute atomic E-state index is 10.6. The highest BCUT2D eigenvalue weighted by molar-refractivity contribution is 5.84. The summed E-state index contributed by atoms with van der Waals surface area (Å²) in [5.74, 6) is -0.432. The van der Waals surface area contributed by atoms with Gasteiger partial charge in [0.2, 0.25) is 5.76 Å². The van der Waals surface area contributed by atoms with Crippen LogP contribution in [0.3, 0.4) is 0 Å². The molecule has 82 valence electrons. The highest BCUT2D eigenvalue weighted by Gasteiger charge is 2.13. The van der Waals surface area contributed by atoms with Crippen molar-refractivity contribution in [1.82, 2.24) is 5.32 Å². The first-order chi connectivity index (χ1) is 7.15. The third-order valence-electron chi connectivity index (χ3n) is 2.06. The van der Waals surface area contributed by atoms with E-state index >= 15 is 0 Å². The highest BCUT2D eigenvalue weighted by atomic mass is 16.4. The smallest absolute Gasteiger partial charge is 0.371 e. The fourth-order valence-electron chi connectivity index (χ4n) is 1.20. The Balaban J connectivity index is 2.53. The predicted octanol–water partition coefficient (Wildman–Crippen LogP) is 2.20. The fourth-order valence-corrected chi connectivity index (χ4v) is 1.20. The molecule has 0 bridgehead atoms. The molecule has 1 aromatic heterocycles. The van der Waals surface area contributed by atoms with Gasteiger partial charge in [-0.25, -0.2) is 4.79 Å². The minimum atomic E-state index is -1.04. The van der Waals surface area contributed by atoms with Gasteiger partial charge >= 0.3 is 5.97 Å². The minimum absolute atomic E-state index is 0.0121. The lowest BCUT2D eigenvalue weighted by Crippen LogP contribution is -2.18. The zero-order valence-corrected chi connectivity index (χ0v) is 8.69. The van der Waals surface area contributed by atoms with Crippen LogP contribution < -0.4 is 5.32 Å². The number of carbonyl (C=O) groups is 1. The van der Waals surface area contributed by atoms with Gasteiger partial charge in [-0.1, -0.05) is 6.08 Å². The third-order valence-corrected chi connectivity index (χ3v) is 2.06. The maximum Gasteiger partial charge on any atom is 0.371 e. The van der Waals surface area contributed by atoms with E-state index in [1.165, 1.54) is 6.07 Å². The Bertz CT molecular complexity index is 343. The number of nitrogens with one attached hydrogen (secondary N) is 1. The van der Waals surface area contributed by atoms with Crippen molar-refractivity contribution in [2.45, 2.75) is 19.4 Å². The second-order valence-electron chi connectivity index (χ2n) is 3.26. The monoisotopic (exact) mass is 209 g/mol. The van der Waals surface area contributed by atoms with Crippen molar-refractivity contribution >= 4 is 5.97 Å². The summed E-state index contributed by atoms with van der Waals surface area (Å²) in [7, 11) is 0. The first kappa shape index (κ1) is 11.5. The predicted molar refractivity (Wildman–Crippen MR) is 56.9 cm³/mol. The highest BCUT2D eigenvalue weighted by Crippen LogP contribution is 2.15. The molecule has 0 saturated carbocycles. The van der Waals surface area contributed by atoms with Gasteiger partial charge in [0.25, 0.3) is 0 Å². The molecule has 0 radical (unpaired) electrons. The Labute approximate surface area is 88.6 Å². The molecule has 0 spiro atoms. The van der Waals surface area contributed by atoms with Gasteiger partial charge in [-0.2, -0.15) is 0 Å². The Hall–Kier alpha value is -1.55. The fraction of sp³-hybridized carbons (Fsp3) is 0.364. The van der Waals surface area contributed by atoms with Crippen LogP contribution in [0.5, 0.6) is 0 Å². The van der Waals surface area contributed by atoms with E-state index in [1.807, 2.05) is 13.0 Å². The van der Waals surface area contributed by atoms with Crippen LogP contribution in [0.4, 0.5) is 0 Å². The summed E-state index contributed by atoms with van der Waals surface area (Å²) in [6.07, 6.45) is 2.70. The molecule has 0 saturated heterocycles. The summed E-state index contributed by atoms with van der Waals surface area (Å²) in [5.41, 5.74) is 0. The minimum Gasteiger partial charge on any atom is -0.475 e. The van der Waals surface area contributed by atoms with Crippen LogP contribution in [0.1, 0.15) is 35.7 Å². The van der Waals surface area contributed by atoms with Crippen molar-refractivity contribution in [3.8, 4) is 0 Å². The molecule has 1 aromatic rings. The van der Waals surface area contributed by atoms with E-state index in [9.17, 15) is 4.79 Å². The first-order valence-electron chi connectivity index (χ1n) is 4.82. The van der Waals surface area contributed by atoms with E-state index in [4.69, 9.17) is 9.52 Å². The average molecular weight is 209 g/mol. The summed E-state index contributed by atoms with van der Waals surface area (Å²) in [6.45, 7) is 6.34. The number of furan rings is 1. The summed E-state index contributed by atoms with van der Waals surface area (Å²) in [6, 6.07) is 3.15. The molecule has 0 fully saturated rings. The van der Waals surface area contributed by atoms with Crippen molar-refractivity contribution in [3.05, 3.63) is 36.3 Å². The number of aromatic carboxylic acids is 1. The molecular formula is C11H15NO3. The molecular weight excluding hydrogens is 194 g/mol. The Morgan fingerprint density at radius 1 is 1.73 bits per heavy atom. The Morgan fingerprint density at radius 2 is 2.47 bits per heavy atom. The van der Waals surface area contributed by atoms with Crippen molar-refractivity contribution in [2.75, 3.05) is 6.54 Å². The van der Waals surface area contributed by atoms with Crippen molar-refractivity contribution in [3.63, 3.8) is 0 Å². The van der Waals surface area contributed by atoms with E-state index in [2.05, 4.69) is 11.9 Å². The van der Waals surface area contributed by atoms with Gasteiger partial charge in [-0.05, 0) is 32.0 Å². The molecule has 0 aliphatic rings. The van der Waals surface area contributed by atoms with Crippen LogP contribution in [-0.4, -0.2) is 17.6 Å².